The van der Waals surface area contributed by atoms with Crippen LogP contribution < -0.4 is 10.1 Å². The zero-order valence-corrected chi connectivity index (χ0v) is 17.4. The summed E-state index contributed by atoms with van der Waals surface area (Å²) in [4.78, 5) is 16.5. The minimum absolute atomic E-state index is 0.118. The maximum absolute atomic E-state index is 12.0. The molecule has 3 rings (SSSR count). The molecule has 1 aromatic heterocycles. The Kier molecular flexibility index (Phi) is 6.11. The molecule has 2 aromatic carbocycles. The van der Waals surface area contributed by atoms with Crippen molar-refractivity contribution in [2.75, 3.05) is 11.9 Å². The topological polar surface area (TPSA) is 51.2 Å². The summed E-state index contributed by atoms with van der Waals surface area (Å²) < 4.78 is 7.18. The van der Waals surface area contributed by atoms with E-state index in [2.05, 4.69) is 42.2 Å². The molecule has 0 aliphatic rings. The number of hydrogen-bond donors (Lipinski definition) is 1. The molecule has 0 aliphatic carbocycles. The molecule has 0 spiro atoms. The fraction of sp³-hybridized carbons (Fsp3) is 0.0588. The molecule has 1 amide bonds. The largest absolute Gasteiger partial charge is 0.483 e. The fourth-order valence-electron chi connectivity index (χ4n) is 1.98. The summed E-state index contributed by atoms with van der Waals surface area (Å²) in [6.07, 6.45) is 0. The van der Waals surface area contributed by atoms with Crippen molar-refractivity contribution in [2.45, 2.75) is 0 Å². The zero-order valence-electron chi connectivity index (χ0n) is 12.6. The third-order valence-corrected chi connectivity index (χ3v) is 5.28. The van der Waals surface area contributed by atoms with Gasteiger partial charge in [-0.25, -0.2) is 4.98 Å². The van der Waals surface area contributed by atoms with Crippen molar-refractivity contribution in [3.63, 3.8) is 0 Å². The first-order valence-electron chi connectivity index (χ1n) is 7.10. The third-order valence-electron chi connectivity index (χ3n) is 3.14. The molecule has 0 unspecified atom stereocenters. The summed E-state index contributed by atoms with van der Waals surface area (Å²) in [7, 11) is 0. The molecule has 1 heterocycles. The van der Waals surface area contributed by atoms with Crippen LogP contribution in [0.3, 0.4) is 0 Å². The van der Waals surface area contributed by atoms with Gasteiger partial charge in [-0.3, -0.25) is 10.1 Å². The lowest BCUT2D eigenvalue weighted by molar-refractivity contribution is -0.118. The Morgan fingerprint density at radius 2 is 1.96 bits per heavy atom. The standard InChI is InChI=1S/C17H11Br2ClN2O2S/c18-11-3-1-10(2-4-11)14-9-25-17(21-14)22-16(23)8-24-15-6-5-12(20)7-13(15)19/h1-7,9H,8H2,(H,21,22,23). The van der Waals surface area contributed by atoms with E-state index in [-0.39, 0.29) is 12.5 Å². The summed E-state index contributed by atoms with van der Waals surface area (Å²) >= 11 is 14.0. The Morgan fingerprint density at radius 3 is 2.68 bits per heavy atom. The van der Waals surface area contributed by atoms with Gasteiger partial charge in [0.15, 0.2) is 11.7 Å². The smallest absolute Gasteiger partial charge is 0.264 e. The number of hydrogen-bond acceptors (Lipinski definition) is 4. The number of anilines is 1. The summed E-state index contributed by atoms with van der Waals surface area (Å²) in [5.74, 6) is 0.271. The Balaban J connectivity index is 1.59. The predicted molar refractivity (Wildman–Crippen MR) is 109 cm³/mol. The Labute approximate surface area is 170 Å². The van der Waals surface area contributed by atoms with Crippen LogP contribution in [0.25, 0.3) is 11.3 Å². The number of rotatable bonds is 5. The highest BCUT2D eigenvalue weighted by Crippen LogP contribution is 2.28. The van der Waals surface area contributed by atoms with Crippen LogP contribution in [0.2, 0.25) is 5.02 Å². The molecule has 3 aromatic rings. The number of nitrogens with zero attached hydrogens (tertiary/aromatic N) is 1. The van der Waals surface area contributed by atoms with Crippen LogP contribution in [0.4, 0.5) is 5.13 Å². The van der Waals surface area contributed by atoms with E-state index in [0.717, 1.165) is 15.7 Å². The highest BCUT2D eigenvalue weighted by molar-refractivity contribution is 9.10. The number of aromatic nitrogens is 1. The summed E-state index contributed by atoms with van der Waals surface area (Å²) in [6, 6.07) is 12.9. The molecule has 128 valence electrons. The molecule has 0 saturated carbocycles. The quantitative estimate of drug-likeness (QED) is 0.465. The number of ether oxygens (including phenoxy) is 1. The number of carbonyl (C=O) groups is 1. The van der Waals surface area contributed by atoms with Gasteiger partial charge in [-0.2, -0.15) is 0 Å². The van der Waals surface area contributed by atoms with Gasteiger partial charge in [0.1, 0.15) is 5.75 Å². The normalized spacial score (nSPS) is 10.5. The van der Waals surface area contributed by atoms with Crippen molar-refractivity contribution < 1.29 is 9.53 Å². The van der Waals surface area contributed by atoms with Crippen molar-refractivity contribution in [1.29, 1.82) is 0 Å². The van der Waals surface area contributed by atoms with Gasteiger partial charge >= 0.3 is 0 Å². The van der Waals surface area contributed by atoms with Crippen molar-refractivity contribution in [3.8, 4) is 17.0 Å². The van der Waals surface area contributed by atoms with Crippen molar-refractivity contribution >= 4 is 65.8 Å². The maximum Gasteiger partial charge on any atom is 0.264 e. The molecule has 8 heteroatoms. The number of thiazole rings is 1. The Bertz CT molecular complexity index is 900. The number of benzene rings is 2. The molecule has 0 radical (unpaired) electrons. The molecule has 0 fully saturated rings. The molecule has 1 N–H and O–H groups in total. The fourth-order valence-corrected chi connectivity index (χ4v) is 3.77. The van der Waals surface area contributed by atoms with Crippen LogP contribution in [-0.2, 0) is 4.79 Å². The summed E-state index contributed by atoms with van der Waals surface area (Å²) in [6.45, 7) is -0.118. The van der Waals surface area contributed by atoms with Crippen molar-refractivity contribution in [1.82, 2.24) is 4.98 Å². The van der Waals surface area contributed by atoms with E-state index >= 15 is 0 Å². The first-order valence-corrected chi connectivity index (χ1v) is 9.95. The Hall–Kier alpha value is -1.41. The summed E-state index contributed by atoms with van der Waals surface area (Å²) in [5, 5.41) is 5.75. The molecule has 0 saturated heterocycles. The van der Waals surface area contributed by atoms with Gasteiger partial charge < -0.3 is 4.74 Å². The highest BCUT2D eigenvalue weighted by atomic mass is 79.9. The molecule has 0 atom stereocenters. The predicted octanol–water partition coefficient (Wildman–Crippen LogP) is 6.01. The van der Waals surface area contributed by atoms with E-state index < -0.39 is 0 Å². The molecule has 4 nitrogen and oxygen atoms in total. The van der Waals surface area contributed by atoms with Crippen LogP contribution in [0, 0.1) is 0 Å². The van der Waals surface area contributed by atoms with Gasteiger partial charge in [0.05, 0.1) is 10.2 Å². The average Bonchev–Trinajstić information content (AvgIpc) is 3.03. The van der Waals surface area contributed by atoms with Gasteiger partial charge in [0, 0.05) is 20.4 Å². The van der Waals surface area contributed by atoms with Crippen LogP contribution in [0.5, 0.6) is 5.75 Å². The molecule has 25 heavy (non-hydrogen) atoms. The Morgan fingerprint density at radius 1 is 1.20 bits per heavy atom. The van der Waals surface area contributed by atoms with Crippen molar-refractivity contribution in [3.05, 3.63) is 61.8 Å². The van der Waals surface area contributed by atoms with Crippen LogP contribution >= 0.6 is 54.8 Å². The van der Waals surface area contributed by atoms with E-state index in [1.54, 1.807) is 18.2 Å². The monoisotopic (exact) mass is 500 g/mol. The number of carbonyl (C=O) groups excluding carboxylic acids is 1. The molecule has 0 bridgehead atoms. The van der Waals surface area contributed by atoms with E-state index in [0.29, 0.717) is 20.4 Å². The van der Waals surface area contributed by atoms with Crippen molar-refractivity contribution in [2.24, 2.45) is 0 Å². The second-order valence-electron chi connectivity index (χ2n) is 4.96. The third kappa shape index (κ3) is 5.04. The first kappa shape index (κ1) is 18.4. The molecular formula is C17H11Br2ClN2O2S. The zero-order chi connectivity index (χ0) is 17.8. The van der Waals surface area contributed by atoms with E-state index in [1.165, 1.54) is 11.3 Å². The second kappa shape index (κ2) is 8.31. The second-order valence-corrected chi connectivity index (χ2v) is 8.02. The van der Waals surface area contributed by atoms with Gasteiger partial charge in [-0.1, -0.05) is 39.7 Å². The van der Waals surface area contributed by atoms with E-state index in [4.69, 9.17) is 16.3 Å². The average molecular weight is 503 g/mol. The number of halogens is 3. The molecule has 0 aliphatic heterocycles. The highest BCUT2D eigenvalue weighted by Gasteiger charge is 2.10. The summed E-state index contributed by atoms with van der Waals surface area (Å²) in [5.41, 5.74) is 1.80. The number of nitrogens with one attached hydrogen (secondary N) is 1. The maximum atomic E-state index is 12.0. The van der Waals surface area contributed by atoms with Gasteiger partial charge in [-0.05, 0) is 46.3 Å². The minimum atomic E-state index is -0.279. The lowest BCUT2D eigenvalue weighted by atomic mass is 10.2. The van der Waals surface area contributed by atoms with Crippen LogP contribution in [0.1, 0.15) is 0 Å². The van der Waals surface area contributed by atoms with Gasteiger partial charge in [0.2, 0.25) is 0 Å². The molecular weight excluding hydrogens is 492 g/mol. The van der Waals surface area contributed by atoms with Gasteiger partial charge in [-0.15, -0.1) is 11.3 Å². The van der Waals surface area contributed by atoms with E-state index in [9.17, 15) is 4.79 Å². The van der Waals surface area contributed by atoms with E-state index in [1.807, 2.05) is 29.6 Å². The lowest BCUT2D eigenvalue weighted by Crippen LogP contribution is -2.20. The minimum Gasteiger partial charge on any atom is -0.483 e. The number of amides is 1. The first-order chi connectivity index (χ1) is 12.0. The lowest BCUT2D eigenvalue weighted by Gasteiger charge is -2.07. The van der Waals surface area contributed by atoms with Gasteiger partial charge in [0.25, 0.3) is 5.91 Å². The van der Waals surface area contributed by atoms with Crippen LogP contribution in [0.15, 0.2) is 56.8 Å². The SMILES string of the molecule is O=C(COc1ccc(Cl)cc1Br)Nc1nc(-c2ccc(Br)cc2)cs1. The van der Waals surface area contributed by atoms with Crippen LogP contribution in [-0.4, -0.2) is 17.5 Å².